The van der Waals surface area contributed by atoms with Crippen LogP contribution < -0.4 is 5.32 Å². The quantitative estimate of drug-likeness (QED) is 0.827. The van der Waals surface area contributed by atoms with Crippen LogP contribution in [0.5, 0.6) is 0 Å². The molecule has 21 heavy (non-hydrogen) atoms. The molecule has 2 fully saturated rings. The van der Waals surface area contributed by atoms with Gasteiger partial charge in [0.25, 0.3) is 0 Å². The molecule has 3 atom stereocenters. The van der Waals surface area contributed by atoms with Crippen LogP contribution in [0, 0.1) is 17.8 Å². The summed E-state index contributed by atoms with van der Waals surface area (Å²) in [6, 6.07) is 4.26. The number of nitrogens with zero attached hydrogens (tertiary/aromatic N) is 2. The molecule has 1 aromatic rings. The van der Waals surface area contributed by atoms with Gasteiger partial charge in [0.2, 0.25) is 0 Å². The van der Waals surface area contributed by atoms with Gasteiger partial charge in [0.15, 0.2) is 0 Å². The van der Waals surface area contributed by atoms with Crippen molar-refractivity contribution < 1.29 is 0 Å². The van der Waals surface area contributed by atoms with E-state index < -0.39 is 0 Å². The van der Waals surface area contributed by atoms with Gasteiger partial charge in [-0.3, -0.25) is 0 Å². The molecule has 1 aromatic heterocycles. The third-order valence-corrected chi connectivity index (χ3v) is 5.30. The second-order valence-electron chi connectivity index (χ2n) is 7.07. The van der Waals surface area contributed by atoms with Gasteiger partial charge in [-0.15, -0.1) is 0 Å². The Morgan fingerprint density at radius 2 is 2.24 bits per heavy atom. The van der Waals surface area contributed by atoms with Gasteiger partial charge in [-0.2, -0.15) is 0 Å². The summed E-state index contributed by atoms with van der Waals surface area (Å²) in [5.74, 6) is 4.08. The first-order valence-corrected chi connectivity index (χ1v) is 8.62. The van der Waals surface area contributed by atoms with Crippen LogP contribution in [0.3, 0.4) is 0 Å². The zero-order chi connectivity index (χ0) is 14.7. The van der Waals surface area contributed by atoms with Crippen LogP contribution in [0.15, 0.2) is 18.3 Å². The number of rotatable bonds is 7. The third kappa shape index (κ3) is 3.57. The van der Waals surface area contributed by atoms with Crippen LogP contribution in [0.2, 0.25) is 0 Å². The molecule has 116 valence electrons. The number of anilines is 1. The van der Waals surface area contributed by atoms with Crippen molar-refractivity contribution in [1.29, 1.82) is 0 Å². The van der Waals surface area contributed by atoms with Gasteiger partial charge in [0.05, 0.1) is 0 Å². The lowest BCUT2D eigenvalue weighted by Crippen LogP contribution is -2.28. The van der Waals surface area contributed by atoms with Crippen LogP contribution in [-0.4, -0.2) is 30.0 Å². The van der Waals surface area contributed by atoms with E-state index in [-0.39, 0.29) is 0 Å². The first kappa shape index (κ1) is 14.8. The Hall–Kier alpha value is -1.09. The molecule has 2 aliphatic carbocycles. The summed E-state index contributed by atoms with van der Waals surface area (Å²) in [4.78, 5) is 7.00. The van der Waals surface area contributed by atoms with E-state index in [1.165, 1.54) is 37.8 Å². The molecule has 0 saturated heterocycles. The van der Waals surface area contributed by atoms with E-state index in [4.69, 9.17) is 0 Å². The van der Waals surface area contributed by atoms with E-state index in [2.05, 4.69) is 41.3 Å². The maximum Gasteiger partial charge on any atom is 0.130 e. The largest absolute Gasteiger partial charge is 0.370 e. The fraction of sp³-hybridized carbons (Fsp3) is 0.722. The zero-order valence-corrected chi connectivity index (χ0v) is 13.5. The first-order valence-electron chi connectivity index (χ1n) is 8.62. The summed E-state index contributed by atoms with van der Waals surface area (Å²) in [6.45, 7) is 5.45. The van der Waals surface area contributed by atoms with Crippen LogP contribution >= 0.6 is 0 Å². The van der Waals surface area contributed by atoms with Crippen molar-refractivity contribution in [3.63, 3.8) is 0 Å². The summed E-state index contributed by atoms with van der Waals surface area (Å²) in [5.41, 5.74) is 1.33. The smallest absolute Gasteiger partial charge is 0.130 e. The topological polar surface area (TPSA) is 28.2 Å². The molecule has 3 heteroatoms. The average Bonchev–Trinajstić information content (AvgIpc) is 3.09. The molecular weight excluding hydrogens is 258 g/mol. The lowest BCUT2D eigenvalue weighted by atomic mass is 9.88. The van der Waals surface area contributed by atoms with Crippen LogP contribution in [0.4, 0.5) is 5.82 Å². The molecule has 3 nitrogen and oxygen atoms in total. The minimum absolute atomic E-state index is 0.942. The van der Waals surface area contributed by atoms with E-state index in [9.17, 15) is 0 Å². The van der Waals surface area contributed by atoms with Crippen molar-refractivity contribution in [2.75, 3.05) is 25.5 Å². The molecule has 1 N–H and O–H groups in total. The number of hydrogen-bond donors (Lipinski definition) is 1. The Kier molecular flexibility index (Phi) is 4.79. The van der Waals surface area contributed by atoms with Gasteiger partial charge in [0.1, 0.15) is 5.82 Å². The van der Waals surface area contributed by atoms with Crippen LogP contribution in [0.25, 0.3) is 0 Å². The van der Waals surface area contributed by atoms with Gasteiger partial charge in [-0.1, -0.05) is 19.4 Å². The molecule has 2 saturated carbocycles. The monoisotopic (exact) mass is 287 g/mol. The van der Waals surface area contributed by atoms with Crippen LogP contribution in [-0.2, 0) is 6.54 Å². The maximum absolute atomic E-state index is 4.50. The van der Waals surface area contributed by atoms with E-state index in [1.54, 1.807) is 0 Å². The fourth-order valence-electron chi connectivity index (χ4n) is 4.32. The maximum atomic E-state index is 4.50. The highest BCUT2D eigenvalue weighted by Gasteiger charge is 2.39. The highest BCUT2D eigenvalue weighted by Crippen LogP contribution is 2.48. The Labute approximate surface area is 129 Å². The van der Waals surface area contributed by atoms with Crippen LogP contribution in [0.1, 0.15) is 44.6 Å². The summed E-state index contributed by atoms with van der Waals surface area (Å²) in [7, 11) is 2.27. The molecule has 0 radical (unpaired) electrons. The first-order chi connectivity index (χ1) is 10.3. The van der Waals surface area contributed by atoms with Gasteiger partial charge in [-0.05, 0) is 56.6 Å². The van der Waals surface area contributed by atoms with E-state index in [0.29, 0.717) is 0 Å². The second-order valence-corrected chi connectivity index (χ2v) is 7.07. The SMILES string of the molecule is CCCNc1ncccc1CN(C)CC1CC2CCC1C2. The zero-order valence-electron chi connectivity index (χ0n) is 13.5. The van der Waals surface area contributed by atoms with Crippen molar-refractivity contribution in [1.82, 2.24) is 9.88 Å². The van der Waals surface area contributed by atoms with Crippen molar-refractivity contribution in [3.8, 4) is 0 Å². The Bertz CT molecular complexity index is 460. The third-order valence-electron chi connectivity index (χ3n) is 5.30. The molecule has 1 heterocycles. The summed E-state index contributed by atoms with van der Waals surface area (Å²) < 4.78 is 0. The van der Waals surface area contributed by atoms with Gasteiger partial charge in [-0.25, -0.2) is 4.98 Å². The van der Waals surface area contributed by atoms with Crippen molar-refractivity contribution in [2.45, 2.75) is 45.6 Å². The van der Waals surface area contributed by atoms with Crippen molar-refractivity contribution >= 4 is 5.82 Å². The number of nitrogens with one attached hydrogen (secondary N) is 1. The molecule has 0 amide bonds. The number of aromatic nitrogens is 1. The molecule has 2 aliphatic rings. The Balaban J connectivity index is 1.55. The Morgan fingerprint density at radius 3 is 2.95 bits per heavy atom. The average molecular weight is 287 g/mol. The molecule has 3 unspecified atom stereocenters. The van der Waals surface area contributed by atoms with E-state index >= 15 is 0 Å². The number of fused-ring (bicyclic) bond motifs is 2. The van der Waals surface area contributed by atoms with E-state index in [0.717, 1.165) is 43.1 Å². The summed E-state index contributed by atoms with van der Waals surface area (Å²) >= 11 is 0. The molecule has 2 bridgehead atoms. The summed E-state index contributed by atoms with van der Waals surface area (Å²) in [6.07, 6.45) is 8.99. The molecule has 0 spiro atoms. The van der Waals surface area contributed by atoms with E-state index in [1.807, 2.05) is 6.20 Å². The highest BCUT2D eigenvalue weighted by molar-refractivity contribution is 5.43. The summed E-state index contributed by atoms with van der Waals surface area (Å²) in [5, 5.41) is 3.45. The number of hydrogen-bond acceptors (Lipinski definition) is 3. The van der Waals surface area contributed by atoms with Crippen molar-refractivity contribution in [3.05, 3.63) is 23.9 Å². The second kappa shape index (κ2) is 6.78. The Morgan fingerprint density at radius 1 is 1.33 bits per heavy atom. The number of pyridine rings is 1. The standard InChI is InChI=1S/C18H29N3/c1-3-8-19-18-16(5-4-9-20-18)12-21(2)13-17-11-14-6-7-15(17)10-14/h4-5,9,14-15,17H,3,6-8,10-13H2,1-2H3,(H,19,20). The minimum atomic E-state index is 0.942. The fourth-order valence-corrected chi connectivity index (χ4v) is 4.32. The normalized spacial score (nSPS) is 27.5. The molecule has 3 rings (SSSR count). The molecular formula is C18H29N3. The van der Waals surface area contributed by atoms with Gasteiger partial charge >= 0.3 is 0 Å². The lowest BCUT2D eigenvalue weighted by Gasteiger charge is -2.27. The van der Waals surface area contributed by atoms with Crippen molar-refractivity contribution in [2.24, 2.45) is 17.8 Å². The van der Waals surface area contributed by atoms with Gasteiger partial charge < -0.3 is 10.2 Å². The predicted octanol–water partition coefficient (Wildman–Crippen LogP) is 3.77. The molecule has 0 aliphatic heterocycles. The highest BCUT2D eigenvalue weighted by atomic mass is 15.1. The van der Waals surface area contributed by atoms with Gasteiger partial charge in [0, 0.05) is 31.4 Å². The molecule has 0 aromatic carbocycles. The minimum Gasteiger partial charge on any atom is -0.370 e. The lowest BCUT2D eigenvalue weighted by molar-refractivity contribution is 0.214. The predicted molar refractivity (Wildman–Crippen MR) is 88.3 cm³/mol.